The monoisotopic (exact) mass is 459 g/mol. The second-order valence-corrected chi connectivity index (χ2v) is 8.92. The Labute approximate surface area is 207 Å². The molecule has 0 N–H and O–H groups in total. The molecule has 1 heterocycles. The van der Waals surface area contributed by atoms with Gasteiger partial charge in [0.25, 0.3) is 0 Å². The van der Waals surface area contributed by atoms with Crippen LogP contribution in [0.25, 0.3) is 5.70 Å². The van der Waals surface area contributed by atoms with Gasteiger partial charge in [-0.25, -0.2) is 0 Å². The van der Waals surface area contributed by atoms with E-state index in [2.05, 4.69) is 54.6 Å². The van der Waals surface area contributed by atoms with Crippen LogP contribution in [0.3, 0.4) is 0 Å². The Morgan fingerprint density at radius 2 is 1.29 bits per heavy atom. The summed E-state index contributed by atoms with van der Waals surface area (Å²) in [4.78, 5) is 16.2. The summed E-state index contributed by atoms with van der Waals surface area (Å²) >= 11 is 0. The Morgan fingerprint density at radius 1 is 0.714 bits per heavy atom. The molecule has 4 aromatic carbocycles. The summed E-state index contributed by atoms with van der Waals surface area (Å²) in [5.74, 6) is 0.742. The number of nitrogens with zero attached hydrogens (tertiary/aromatic N) is 1. The van der Waals surface area contributed by atoms with E-state index in [0.717, 1.165) is 28.1 Å². The molecule has 5 rings (SSSR count). The largest absolute Gasteiger partial charge is 0.497 e. The number of rotatable bonds is 7. The Balaban J connectivity index is 1.62. The predicted molar refractivity (Wildman–Crippen MR) is 141 cm³/mol. The van der Waals surface area contributed by atoms with Crippen molar-refractivity contribution in [1.29, 1.82) is 0 Å². The average molecular weight is 460 g/mol. The number of amides is 1. The van der Waals surface area contributed by atoms with Crippen LogP contribution in [-0.4, -0.2) is 17.9 Å². The van der Waals surface area contributed by atoms with E-state index in [1.54, 1.807) is 7.11 Å². The van der Waals surface area contributed by atoms with Gasteiger partial charge in [0.2, 0.25) is 5.91 Å². The van der Waals surface area contributed by atoms with Crippen molar-refractivity contribution in [2.45, 2.75) is 18.9 Å². The molecule has 0 saturated carbocycles. The minimum Gasteiger partial charge on any atom is -0.497 e. The molecule has 2 atom stereocenters. The van der Waals surface area contributed by atoms with Crippen molar-refractivity contribution in [3.05, 3.63) is 144 Å². The molecule has 4 aromatic rings. The lowest BCUT2D eigenvalue weighted by Gasteiger charge is -2.38. The van der Waals surface area contributed by atoms with Gasteiger partial charge in [0.15, 0.2) is 0 Å². The number of ether oxygens (including phenoxy) is 1. The fourth-order valence-corrected chi connectivity index (χ4v) is 4.88. The van der Waals surface area contributed by atoms with Crippen molar-refractivity contribution in [3.63, 3.8) is 0 Å². The summed E-state index contributed by atoms with van der Waals surface area (Å²) < 4.78 is 5.37. The quantitative estimate of drug-likeness (QED) is 0.307. The van der Waals surface area contributed by atoms with Crippen LogP contribution < -0.4 is 4.74 Å². The second-order valence-electron chi connectivity index (χ2n) is 8.92. The molecule has 35 heavy (non-hydrogen) atoms. The van der Waals surface area contributed by atoms with Crippen molar-refractivity contribution >= 4 is 11.6 Å². The van der Waals surface area contributed by atoms with E-state index >= 15 is 0 Å². The third-order valence-corrected chi connectivity index (χ3v) is 6.70. The van der Waals surface area contributed by atoms with Crippen molar-refractivity contribution < 1.29 is 9.53 Å². The van der Waals surface area contributed by atoms with Crippen LogP contribution >= 0.6 is 0 Å². The molecule has 0 aromatic heterocycles. The molecule has 1 aliphatic rings. The van der Waals surface area contributed by atoms with Crippen molar-refractivity contribution in [2.24, 2.45) is 5.92 Å². The number of benzene rings is 4. The fourth-order valence-electron chi connectivity index (χ4n) is 4.88. The number of hydrogen-bond acceptors (Lipinski definition) is 2. The molecule has 3 heteroatoms. The highest BCUT2D eigenvalue weighted by Gasteiger charge is 2.38. The number of carbonyl (C=O) groups excluding carboxylic acids is 1. The lowest BCUT2D eigenvalue weighted by Crippen LogP contribution is -2.41. The van der Waals surface area contributed by atoms with Gasteiger partial charge < -0.3 is 9.64 Å². The van der Waals surface area contributed by atoms with E-state index in [-0.39, 0.29) is 17.7 Å². The summed E-state index contributed by atoms with van der Waals surface area (Å²) in [6, 6.07) is 38.9. The average Bonchev–Trinajstić information content (AvgIpc) is 2.93. The zero-order valence-corrected chi connectivity index (χ0v) is 19.9. The zero-order valence-electron chi connectivity index (χ0n) is 19.9. The standard InChI is InChI=1S/C32H29NO2/c1-35-28-19-17-27(18-20-28)31-22-29(26-15-9-4-10-16-26)30(21-24-11-5-2-6-12-24)32(34)33(31)23-25-13-7-3-8-14-25/h2-20,22,29-30H,21,23H2,1H3. The van der Waals surface area contributed by atoms with Gasteiger partial charge >= 0.3 is 0 Å². The maximum atomic E-state index is 14.3. The molecular formula is C32H29NO2. The molecule has 0 spiro atoms. The van der Waals surface area contributed by atoms with E-state index in [4.69, 9.17) is 4.74 Å². The Morgan fingerprint density at radius 3 is 1.89 bits per heavy atom. The van der Waals surface area contributed by atoms with Gasteiger partial charge in [-0.3, -0.25) is 4.79 Å². The zero-order chi connectivity index (χ0) is 24.0. The van der Waals surface area contributed by atoms with E-state index in [0.29, 0.717) is 13.0 Å². The number of allylic oxidation sites excluding steroid dienone is 1. The molecule has 0 radical (unpaired) electrons. The van der Waals surface area contributed by atoms with Crippen molar-refractivity contribution in [2.75, 3.05) is 7.11 Å². The molecule has 0 saturated heterocycles. The first-order valence-corrected chi connectivity index (χ1v) is 12.0. The highest BCUT2D eigenvalue weighted by Crippen LogP contribution is 2.40. The van der Waals surface area contributed by atoms with Gasteiger partial charge in [0.1, 0.15) is 5.75 Å². The van der Waals surface area contributed by atoms with Crippen molar-refractivity contribution in [3.8, 4) is 5.75 Å². The number of hydrogen-bond donors (Lipinski definition) is 0. The van der Waals surface area contributed by atoms with Gasteiger partial charge in [0.05, 0.1) is 19.6 Å². The lowest BCUT2D eigenvalue weighted by atomic mass is 9.77. The fraction of sp³-hybridized carbons (Fsp3) is 0.156. The minimum atomic E-state index is -0.189. The molecule has 2 unspecified atom stereocenters. The topological polar surface area (TPSA) is 29.5 Å². The predicted octanol–water partition coefficient (Wildman–Crippen LogP) is 6.72. The van der Waals surface area contributed by atoms with Crippen LogP contribution in [0.1, 0.15) is 28.2 Å². The van der Waals surface area contributed by atoms with Gasteiger partial charge in [-0.05, 0) is 52.9 Å². The van der Waals surface area contributed by atoms with Crippen LogP contribution in [-0.2, 0) is 17.8 Å². The van der Waals surface area contributed by atoms with E-state index in [9.17, 15) is 4.79 Å². The Bertz CT molecular complexity index is 1280. The molecule has 1 aliphatic heterocycles. The molecule has 0 aliphatic carbocycles. The van der Waals surface area contributed by atoms with Gasteiger partial charge in [-0.15, -0.1) is 0 Å². The first-order valence-electron chi connectivity index (χ1n) is 12.0. The Kier molecular flexibility index (Phi) is 6.76. The van der Waals surface area contributed by atoms with Crippen LogP contribution in [0.5, 0.6) is 5.75 Å². The molecule has 174 valence electrons. The molecule has 0 bridgehead atoms. The van der Waals surface area contributed by atoms with Gasteiger partial charge in [-0.1, -0.05) is 97.1 Å². The summed E-state index contributed by atoms with van der Waals surface area (Å²) in [6.45, 7) is 0.532. The third kappa shape index (κ3) is 5.04. The minimum absolute atomic E-state index is 0.0203. The van der Waals surface area contributed by atoms with E-state index < -0.39 is 0 Å². The van der Waals surface area contributed by atoms with Crippen LogP contribution in [0.2, 0.25) is 0 Å². The maximum absolute atomic E-state index is 14.3. The summed E-state index contributed by atoms with van der Waals surface area (Å²) in [7, 11) is 1.67. The molecule has 0 fully saturated rings. The van der Waals surface area contributed by atoms with Crippen LogP contribution in [0.4, 0.5) is 0 Å². The Hall–Kier alpha value is -4.11. The summed E-state index contributed by atoms with van der Waals surface area (Å²) in [5, 5.41) is 0. The molecule has 3 nitrogen and oxygen atoms in total. The van der Waals surface area contributed by atoms with E-state index in [1.165, 1.54) is 5.56 Å². The first kappa shape index (κ1) is 22.7. The van der Waals surface area contributed by atoms with Crippen LogP contribution in [0, 0.1) is 5.92 Å². The first-order chi connectivity index (χ1) is 17.2. The molecular weight excluding hydrogens is 430 g/mol. The highest BCUT2D eigenvalue weighted by molar-refractivity contribution is 5.92. The normalized spacial score (nSPS) is 17.7. The summed E-state index contributed by atoms with van der Waals surface area (Å²) in [5.41, 5.74) is 5.39. The molecule has 1 amide bonds. The highest BCUT2D eigenvalue weighted by atomic mass is 16.5. The SMILES string of the molecule is COc1ccc(C2=CC(c3ccccc3)C(Cc3ccccc3)C(=O)N2Cc2ccccc2)cc1. The van der Waals surface area contributed by atoms with E-state index in [1.807, 2.05) is 71.6 Å². The lowest BCUT2D eigenvalue weighted by molar-refractivity contribution is -0.133. The summed E-state index contributed by atoms with van der Waals surface area (Å²) in [6.07, 6.45) is 2.98. The van der Waals surface area contributed by atoms with Gasteiger partial charge in [-0.2, -0.15) is 0 Å². The van der Waals surface area contributed by atoms with Crippen LogP contribution in [0.15, 0.2) is 121 Å². The number of carbonyl (C=O) groups is 1. The second kappa shape index (κ2) is 10.4. The smallest absolute Gasteiger partial charge is 0.231 e. The van der Waals surface area contributed by atoms with Gasteiger partial charge in [0, 0.05) is 11.6 Å². The van der Waals surface area contributed by atoms with Crippen molar-refractivity contribution in [1.82, 2.24) is 4.90 Å². The third-order valence-electron chi connectivity index (χ3n) is 6.70. The maximum Gasteiger partial charge on any atom is 0.231 e. The number of methoxy groups -OCH3 is 1.